The Morgan fingerprint density at radius 1 is 1.09 bits per heavy atom. The molecule has 0 atom stereocenters. The summed E-state index contributed by atoms with van der Waals surface area (Å²) >= 11 is 0. The quantitative estimate of drug-likeness (QED) is 0.572. The summed E-state index contributed by atoms with van der Waals surface area (Å²) < 4.78 is 16.5. The Morgan fingerprint density at radius 3 is 2.47 bits per heavy atom. The number of ketones is 1. The van der Waals surface area contributed by atoms with Gasteiger partial charge in [0.1, 0.15) is 17.2 Å². The molecule has 178 valence electrons. The van der Waals surface area contributed by atoms with Gasteiger partial charge in [-0.05, 0) is 67.5 Å². The summed E-state index contributed by atoms with van der Waals surface area (Å²) in [6, 6.07) is 12.1. The summed E-state index contributed by atoms with van der Waals surface area (Å²) in [5.74, 6) is 0.566. The summed E-state index contributed by atoms with van der Waals surface area (Å²) in [5, 5.41) is 11.9. The maximum absolute atomic E-state index is 12.6. The van der Waals surface area contributed by atoms with Crippen molar-refractivity contribution < 1.29 is 33.7 Å². The van der Waals surface area contributed by atoms with Crippen molar-refractivity contribution in [2.45, 2.75) is 25.7 Å². The molecule has 2 aromatic rings. The Hall–Kier alpha value is -3.81. The highest BCUT2D eigenvalue weighted by Gasteiger charge is 2.28. The lowest BCUT2D eigenvalue weighted by Gasteiger charge is -2.26. The van der Waals surface area contributed by atoms with Crippen LogP contribution in [-0.4, -0.2) is 43.0 Å². The number of aliphatic carboxylic acids is 1. The van der Waals surface area contributed by atoms with Gasteiger partial charge < -0.3 is 24.6 Å². The number of carboxylic acid groups (broad SMARTS) is 1. The number of carboxylic acids is 1. The van der Waals surface area contributed by atoms with Crippen LogP contribution in [0, 0.1) is 11.8 Å². The van der Waals surface area contributed by atoms with Crippen LogP contribution in [0.1, 0.15) is 41.6 Å². The molecule has 0 unspecified atom stereocenters. The van der Waals surface area contributed by atoms with E-state index >= 15 is 0 Å². The average Bonchev–Trinajstić information content (AvgIpc) is 3.16. The number of allylic oxidation sites excluding steroid dienone is 1. The van der Waals surface area contributed by atoms with Crippen molar-refractivity contribution in [3.05, 3.63) is 59.4 Å². The van der Waals surface area contributed by atoms with Crippen LogP contribution in [0.15, 0.2) is 48.2 Å². The van der Waals surface area contributed by atoms with Crippen molar-refractivity contribution in [1.29, 1.82) is 0 Å². The highest BCUT2D eigenvalue weighted by atomic mass is 16.5. The number of rotatable bonds is 8. The number of carbonyl (C=O) groups is 3. The van der Waals surface area contributed by atoms with Crippen LogP contribution >= 0.6 is 0 Å². The van der Waals surface area contributed by atoms with Gasteiger partial charge in [0.2, 0.25) is 5.78 Å². The molecule has 4 rings (SSSR count). The second-order valence-corrected chi connectivity index (χ2v) is 8.52. The van der Waals surface area contributed by atoms with E-state index in [0.717, 1.165) is 24.2 Å². The van der Waals surface area contributed by atoms with Gasteiger partial charge in [-0.25, -0.2) is 0 Å². The minimum absolute atomic E-state index is 0.161. The van der Waals surface area contributed by atoms with Gasteiger partial charge in [0.05, 0.1) is 18.6 Å². The Bertz CT molecular complexity index is 1100. The van der Waals surface area contributed by atoms with Crippen LogP contribution in [0.4, 0.5) is 0 Å². The fourth-order valence-electron chi connectivity index (χ4n) is 4.18. The number of methoxy groups -OCH3 is 1. The van der Waals surface area contributed by atoms with Gasteiger partial charge >= 0.3 is 5.97 Å². The number of hydrogen-bond donors (Lipinski definition) is 2. The van der Waals surface area contributed by atoms with Crippen molar-refractivity contribution in [2.24, 2.45) is 11.8 Å². The zero-order valence-electron chi connectivity index (χ0n) is 18.9. The number of benzene rings is 2. The molecule has 0 radical (unpaired) electrons. The third-order valence-corrected chi connectivity index (χ3v) is 6.21. The van der Waals surface area contributed by atoms with E-state index in [1.54, 1.807) is 43.5 Å². The Labute approximate surface area is 197 Å². The van der Waals surface area contributed by atoms with Gasteiger partial charge in [-0.3, -0.25) is 14.4 Å². The van der Waals surface area contributed by atoms with Gasteiger partial charge in [-0.1, -0.05) is 12.1 Å². The first-order valence-electron chi connectivity index (χ1n) is 11.3. The van der Waals surface area contributed by atoms with E-state index in [9.17, 15) is 14.4 Å². The first kappa shape index (κ1) is 23.4. The lowest BCUT2D eigenvalue weighted by Crippen LogP contribution is -2.35. The largest absolute Gasteiger partial charge is 0.497 e. The fourth-order valence-corrected chi connectivity index (χ4v) is 4.18. The molecule has 0 spiro atoms. The number of Topliss-reactive ketones (excluding diaryl/α,β-unsaturated/α-hetero) is 1. The summed E-state index contributed by atoms with van der Waals surface area (Å²) in [4.78, 5) is 35.9. The minimum atomic E-state index is -0.737. The van der Waals surface area contributed by atoms with Crippen LogP contribution in [-0.2, 0) is 9.59 Å². The topological polar surface area (TPSA) is 111 Å². The van der Waals surface area contributed by atoms with Gasteiger partial charge in [-0.15, -0.1) is 0 Å². The molecular formula is C26H27NO7. The van der Waals surface area contributed by atoms with Crippen LogP contribution in [0.2, 0.25) is 0 Å². The van der Waals surface area contributed by atoms with Crippen molar-refractivity contribution in [1.82, 2.24) is 5.32 Å². The predicted molar refractivity (Wildman–Crippen MR) is 124 cm³/mol. The minimum Gasteiger partial charge on any atom is -0.497 e. The van der Waals surface area contributed by atoms with Crippen molar-refractivity contribution in [3.63, 3.8) is 0 Å². The molecule has 1 aliphatic heterocycles. The highest BCUT2D eigenvalue weighted by molar-refractivity contribution is 6.14. The summed E-state index contributed by atoms with van der Waals surface area (Å²) in [5.41, 5.74) is 1.25. The summed E-state index contributed by atoms with van der Waals surface area (Å²) in [6.07, 6.45) is 4.55. The zero-order chi connectivity index (χ0) is 24.1. The predicted octanol–water partition coefficient (Wildman–Crippen LogP) is 3.70. The molecule has 8 heteroatoms. The van der Waals surface area contributed by atoms with Crippen LogP contribution in [0.25, 0.3) is 6.08 Å². The first-order chi connectivity index (χ1) is 16.4. The summed E-state index contributed by atoms with van der Waals surface area (Å²) in [6.45, 7) is 0.349. The molecular weight excluding hydrogens is 438 g/mol. The van der Waals surface area contributed by atoms with Crippen LogP contribution in [0.3, 0.4) is 0 Å². The van der Waals surface area contributed by atoms with Crippen LogP contribution in [0.5, 0.6) is 17.2 Å². The highest BCUT2D eigenvalue weighted by Crippen LogP contribution is 2.35. The number of nitrogens with one attached hydrogen (secondary N) is 1. The normalized spacial score (nSPS) is 20.4. The number of amides is 1. The third kappa shape index (κ3) is 5.57. The monoisotopic (exact) mass is 465 g/mol. The molecule has 1 saturated carbocycles. The maximum Gasteiger partial charge on any atom is 0.306 e. The third-order valence-electron chi connectivity index (χ3n) is 6.21. The molecule has 0 aromatic heterocycles. The van der Waals surface area contributed by atoms with E-state index < -0.39 is 5.97 Å². The zero-order valence-corrected chi connectivity index (χ0v) is 18.9. The van der Waals surface area contributed by atoms with E-state index in [1.807, 2.05) is 12.1 Å². The number of carbonyl (C=O) groups excluding carboxylic acids is 2. The molecule has 2 aliphatic rings. The first-order valence-corrected chi connectivity index (χ1v) is 11.3. The van der Waals surface area contributed by atoms with Crippen molar-refractivity contribution in [2.75, 3.05) is 20.3 Å². The molecule has 8 nitrogen and oxygen atoms in total. The van der Waals surface area contributed by atoms with E-state index in [-0.39, 0.29) is 35.9 Å². The van der Waals surface area contributed by atoms with Crippen LogP contribution < -0.4 is 19.5 Å². The lowest BCUT2D eigenvalue weighted by molar-refractivity contribution is -0.143. The number of ether oxygens (including phenoxy) is 3. The number of hydrogen-bond acceptors (Lipinski definition) is 6. The van der Waals surface area contributed by atoms with Crippen molar-refractivity contribution in [3.8, 4) is 17.2 Å². The Kier molecular flexibility index (Phi) is 7.15. The second kappa shape index (κ2) is 10.4. The average molecular weight is 466 g/mol. The van der Waals surface area contributed by atoms with Gasteiger partial charge in [0.25, 0.3) is 5.91 Å². The van der Waals surface area contributed by atoms with E-state index in [2.05, 4.69) is 5.32 Å². The molecule has 0 saturated heterocycles. The molecule has 1 amide bonds. The molecule has 1 heterocycles. The maximum atomic E-state index is 12.6. The SMILES string of the molecule is COc1ccc(/C=C2\Oc3cc(OCC(=O)NCC4CCC(C(=O)O)CC4)ccc3C2=O)cc1. The summed E-state index contributed by atoms with van der Waals surface area (Å²) in [7, 11) is 1.59. The molecule has 2 N–H and O–H groups in total. The molecule has 34 heavy (non-hydrogen) atoms. The molecule has 1 aliphatic carbocycles. The van der Waals surface area contributed by atoms with Gasteiger partial charge in [0.15, 0.2) is 12.4 Å². The lowest BCUT2D eigenvalue weighted by atomic mass is 9.82. The molecule has 1 fully saturated rings. The van der Waals surface area contributed by atoms with Gasteiger partial charge in [-0.2, -0.15) is 0 Å². The molecule has 2 aromatic carbocycles. The number of fused-ring (bicyclic) bond motifs is 1. The Morgan fingerprint density at radius 2 is 1.79 bits per heavy atom. The standard InChI is InChI=1S/C26H27NO7/c1-32-19-8-4-16(5-9-19)12-23-25(29)21-11-10-20(13-22(21)34-23)33-15-24(28)27-14-17-2-6-18(7-3-17)26(30)31/h4-5,8-13,17-18H,2-3,6-7,14-15H2,1H3,(H,27,28)(H,30,31)/b23-12-. The molecule has 0 bridgehead atoms. The van der Waals surface area contributed by atoms with Gasteiger partial charge in [0, 0.05) is 12.6 Å². The van der Waals surface area contributed by atoms with E-state index in [1.165, 1.54) is 0 Å². The van der Waals surface area contributed by atoms with E-state index in [4.69, 9.17) is 19.3 Å². The van der Waals surface area contributed by atoms with Crippen molar-refractivity contribution >= 4 is 23.7 Å². The smallest absolute Gasteiger partial charge is 0.306 e. The fraction of sp³-hybridized carbons (Fsp3) is 0.346. The van der Waals surface area contributed by atoms with E-state index in [0.29, 0.717) is 36.4 Å². The second-order valence-electron chi connectivity index (χ2n) is 8.52. The Balaban J connectivity index is 1.27.